The molecule has 1 unspecified atom stereocenters. The molecule has 0 bridgehead atoms. The minimum Gasteiger partial charge on any atom is -0.493 e. The van der Waals surface area contributed by atoms with Gasteiger partial charge in [-0.25, -0.2) is 0 Å². The molecule has 0 amide bonds. The van der Waals surface area contributed by atoms with E-state index in [0.717, 1.165) is 62.3 Å². The van der Waals surface area contributed by atoms with Crippen molar-refractivity contribution >= 4 is 15.9 Å². The van der Waals surface area contributed by atoms with Crippen LogP contribution < -0.4 is 10.1 Å². The topological polar surface area (TPSA) is 30.5 Å². The first-order valence-corrected chi connectivity index (χ1v) is 8.84. The van der Waals surface area contributed by atoms with Gasteiger partial charge in [0.15, 0.2) is 0 Å². The summed E-state index contributed by atoms with van der Waals surface area (Å²) < 4.78 is 12.5. The number of unbranched alkanes of at least 4 members (excludes halogenated alkanes) is 1. The fraction of sp³-hybridized carbons (Fsp3) is 0.647. The molecule has 3 nitrogen and oxygen atoms in total. The molecule has 0 aromatic heterocycles. The molecule has 1 aromatic carbocycles. The number of hydrogen-bond acceptors (Lipinski definition) is 3. The summed E-state index contributed by atoms with van der Waals surface area (Å²) in [7, 11) is 0. The summed E-state index contributed by atoms with van der Waals surface area (Å²) in [5.41, 5.74) is 1.28. The van der Waals surface area contributed by atoms with Crippen molar-refractivity contribution in [1.29, 1.82) is 0 Å². The SMILES string of the molecule is CCCCOCCCNC1CCCOc2cc(Br)ccc21. The highest BCUT2D eigenvalue weighted by Gasteiger charge is 2.19. The summed E-state index contributed by atoms with van der Waals surface area (Å²) in [6.07, 6.45) is 5.65. The van der Waals surface area contributed by atoms with Crippen molar-refractivity contribution in [3.05, 3.63) is 28.2 Å². The van der Waals surface area contributed by atoms with Crippen LogP contribution in [0.3, 0.4) is 0 Å². The standard InChI is InChI=1S/C17H26BrNO2/c1-2-3-10-20-11-5-9-19-16-6-4-12-21-17-13-14(18)7-8-15(16)17/h7-8,13,16,19H,2-6,9-12H2,1H3. The fourth-order valence-electron chi connectivity index (χ4n) is 2.56. The number of hydrogen-bond donors (Lipinski definition) is 1. The van der Waals surface area contributed by atoms with E-state index in [9.17, 15) is 0 Å². The monoisotopic (exact) mass is 355 g/mol. The lowest BCUT2D eigenvalue weighted by molar-refractivity contribution is 0.128. The Morgan fingerprint density at radius 2 is 2.19 bits per heavy atom. The molecule has 21 heavy (non-hydrogen) atoms. The first-order chi connectivity index (χ1) is 10.3. The van der Waals surface area contributed by atoms with Crippen molar-refractivity contribution < 1.29 is 9.47 Å². The minimum atomic E-state index is 0.395. The molecule has 0 aliphatic carbocycles. The quantitative estimate of drug-likeness (QED) is 0.698. The lowest BCUT2D eigenvalue weighted by Crippen LogP contribution is -2.23. The van der Waals surface area contributed by atoms with Crippen LogP contribution in [0.4, 0.5) is 0 Å². The van der Waals surface area contributed by atoms with Crippen LogP contribution in [0.2, 0.25) is 0 Å². The molecule has 0 fully saturated rings. The second-order valence-corrected chi connectivity index (χ2v) is 6.41. The van der Waals surface area contributed by atoms with Gasteiger partial charge in [-0.2, -0.15) is 0 Å². The summed E-state index contributed by atoms with van der Waals surface area (Å²) in [4.78, 5) is 0. The Kier molecular flexibility index (Phi) is 7.54. The average molecular weight is 356 g/mol. The third kappa shape index (κ3) is 5.61. The van der Waals surface area contributed by atoms with E-state index in [2.05, 4.69) is 46.4 Å². The van der Waals surface area contributed by atoms with Gasteiger partial charge < -0.3 is 14.8 Å². The Balaban J connectivity index is 1.78. The molecule has 4 heteroatoms. The number of ether oxygens (including phenoxy) is 2. The largest absolute Gasteiger partial charge is 0.493 e. The van der Waals surface area contributed by atoms with E-state index in [1.54, 1.807) is 0 Å². The molecule has 1 aliphatic heterocycles. The lowest BCUT2D eigenvalue weighted by atomic mass is 10.0. The minimum absolute atomic E-state index is 0.395. The lowest BCUT2D eigenvalue weighted by Gasteiger charge is -2.18. The molecule has 0 radical (unpaired) electrons. The molecule has 2 rings (SSSR count). The fourth-order valence-corrected chi connectivity index (χ4v) is 2.90. The van der Waals surface area contributed by atoms with Crippen LogP contribution in [0.25, 0.3) is 0 Å². The molecule has 0 spiro atoms. The van der Waals surface area contributed by atoms with Crippen LogP contribution in [0.5, 0.6) is 5.75 Å². The zero-order chi connectivity index (χ0) is 14.9. The molecule has 1 atom stereocenters. The van der Waals surface area contributed by atoms with Crippen molar-refractivity contribution in [3.63, 3.8) is 0 Å². The number of nitrogens with one attached hydrogen (secondary N) is 1. The van der Waals surface area contributed by atoms with Gasteiger partial charge in [0.05, 0.1) is 6.61 Å². The number of fused-ring (bicyclic) bond motifs is 1. The third-order valence-electron chi connectivity index (χ3n) is 3.74. The maximum atomic E-state index is 5.84. The highest BCUT2D eigenvalue weighted by molar-refractivity contribution is 9.10. The summed E-state index contributed by atoms with van der Waals surface area (Å²) in [6, 6.07) is 6.73. The van der Waals surface area contributed by atoms with E-state index in [4.69, 9.17) is 9.47 Å². The second-order valence-electron chi connectivity index (χ2n) is 5.50. The number of halogens is 1. The maximum absolute atomic E-state index is 5.84. The number of benzene rings is 1. The van der Waals surface area contributed by atoms with Gasteiger partial charge in [0.25, 0.3) is 0 Å². The van der Waals surface area contributed by atoms with Gasteiger partial charge in [-0.3, -0.25) is 0 Å². The van der Waals surface area contributed by atoms with Gasteiger partial charge in [0, 0.05) is 29.3 Å². The summed E-state index contributed by atoms with van der Waals surface area (Å²) >= 11 is 3.51. The average Bonchev–Trinajstić information content (AvgIpc) is 2.68. The van der Waals surface area contributed by atoms with Crippen LogP contribution in [0, 0.1) is 0 Å². The van der Waals surface area contributed by atoms with E-state index in [1.807, 2.05) is 0 Å². The van der Waals surface area contributed by atoms with E-state index in [1.165, 1.54) is 12.0 Å². The number of rotatable bonds is 8. The van der Waals surface area contributed by atoms with Crippen molar-refractivity contribution in [2.45, 2.75) is 45.1 Å². The van der Waals surface area contributed by atoms with Gasteiger partial charge >= 0.3 is 0 Å². The highest BCUT2D eigenvalue weighted by Crippen LogP contribution is 2.33. The van der Waals surface area contributed by atoms with Crippen LogP contribution in [-0.2, 0) is 4.74 Å². The highest BCUT2D eigenvalue weighted by atomic mass is 79.9. The molecule has 1 aliphatic rings. The van der Waals surface area contributed by atoms with Crippen LogP contribution in [-0.4, -0.2) is 26.4 Å². The van der Waals surface area contributed by atoms with Crippen molar-refractivity contribution in [1.82, 2.24) is 5.32 Å². The summed E-state index contributed by atoms with van der Waals surface area (Å²) in [5, 5.41) is 3.65. The predicted molar refractivity (Wildman–Crippen MR) is 90.0 cm³/mol. The molecule has 0 saturated heterocycles. The van der Waals surface area contributed by atoms with Gasteiger partial charge in [0.2, 0.25) is 0 Å². The smallest absolute Gasteiger partial charge is 0.125 e. The van der Waals surface area contributed by atoms with Gasteiger partial charge in [-0.15, -0.1) is 0 Å². The van der Waals surface area contributed by atoms with Crippen molar-refractivity contribution in [2.24, 2.45) is 0 Å². The first-order valence-electron chi connectivity index (χ1n) is 8.04. The van der Waals surface area contributed by atoms with Gasteiger partial charge in [-0.05, 0) is 44.4 Å². The Morgan fingerprint density at radius 1 is 1.33 bits per heavy atom. The van der Waals surface area contributed by atoms with E-state index >= 15 is 0 Å². The van der Waals surface area contributed by atoms with Crippen LogP contribution in [0.15, 0.2) is 22.7 Å². The molecule has 1 aromatic rings. The van der Waals surface area contributed by atoms with E-state index in [0.29, 0.717) is 6.04 Å². The summed E-state index contributed by atoms with van der Waals surface area (Å²) in [6.45, 7) is 5.73. The predicted octanol–water partition coefficient (Wildman–Crippen LogP) is 4.46. The molecular formula is C17H26BrNO2. The molecule has 1 heterocycles. The maximum Gasteiger partial charge on any atom is 0.125 e. The summed E-state index contributed by atoms with van der Waals surface area (Å²) in [5.74, 6) is 1.01. The molecular weight excluding hydrogens is 330 g/mol. The van der Waals surface area contributed by atoms with E-state index < -0.39 is 0 Å². The van der Waals surface area contributed by atoms with E-state index in [-0.39, 0.29) is 0 Å². The Hall–Kier alpha value is -0.580. The van der Waals surface area contributed by atoms with Crippen molar-refractivity contribution in [2.75, 3.05) is 26.4 Å². The molecule has 118 valence electrons. The Bertz CT molecular complexity index is 425. The van der Waals surface area contributed by atoms with Crippen molar-refractivity contribution in [3.8, 4) is 5.75 Å². The van der Waals surface area contributed by atoms with Crippen LogP contribution in [0.1, 0.15) is 50.6 Å². The Morgan fingerprint density at radius 3 is 3.05 bits per heavy atom. The normalized spacial score (nSPS) is 17.9. The Labute approximate surface area is 136 Å². The third-order valence-corrected chi connectivity index (χ3v) is 4.24. The second kappa shape index (κ2) is 9.44. The molecule has 1 N–H and O–H groups in total. The molecule has 0 saturated carbocycles. The van der Waals surface area contributed by atoms with Crippen LogP contribution >= 0.6 is 15.9 Å². The van der Waals surface area contributed by atoms with Gasteiger partial charge in [0.1, 0.15) is 5.75 Å². The zero-order valence-electron chi connectivity index (χ0n) is 12.9. The van der Waals surface area contributed by atoms with Gasteiger partial charge in [-0.1, -0.05) is 35.3 Å². The first kappa shape index (κ1) is 16.8. The zero-order valence-corrected chi connectivity index (χ0v) is 14.5.